The van der Waals surface area contributed by atoms with E-state index in [1.54, 1.807) is 0 Å². The van der Waals surface area contributed by atoms with Crippen LogP contribution in [0.5, 0.6) is 0 Å². The predicted octanol–water partition coefficient (Wildman–Crippen LogP) is 5.71. The van der Waals surface area contributed by atoms with Crippen LogP contribution in [-0.2, 0) is 6.42 Å². The molecule has 0 amide bonds. The SMILES string of the molecule is CC1(C)CCC(c2ccc(CC3CCCCN3)cc2Cl)CC1. The second-order valence-corrected chi connectivity index (χ2v) is 8.55. The van der Waals surface area contributed by atoms with Crippen molar-refractivity contribution in [2.45, 2.75) is 77.2 Å². The molecule has 1 unspecified atom stereocenters. The molecule has 2 heteroatoms. The number of halogens is 1. The van der Waals surface area contributed by atoms with E-state index in [-0.39, 0.29) is 0 Å². The molecule has 1 aliphatic carbocycles. The summed E-state index contributed by atoms with van der Waals surface area (Å²) in [6.07, 6.45) is 10.3. The Morgan fingerprint density at radius 1 is 1.14 bits per heavy atom. The number of hydrogen-bond donors (Lipinski definition) is 1. The van der Waals surface area contributed by atoms with Crippen molar-refractivity contribution in [3.05, 3.63) is 34.3 Å². The van der Waals surface area contributed by atoms with Crippen molar-refractivity contribution in [1.82, 2.24) is 5.32 Å². The van der Waals surface area contributed by atoms with Crippen LogP contribution in [0, 0.1) is 5.41 Å². The molecule has 3 rings (SSSR count). The first-order valence-corrected chi connectivity index (χ1v) is 9.43. The summed E-state index contributed by atoms with van der Waals surface area (Å²) in [5, 5.41) is 4.63. The lowest BCUT2D eigenvalue weighted by atomic mass is 9.71. The lowest BCUT2D eigenvalue weighted by Gasteiger charge is -2.35. The first kappa shape index (κ1) is 16.3. The fourth-order valence-electron chi connectivity index (χ4n) is 4.12. The van der Waals surface area contributed by atoms with Gasteiger partial charge in [0.2, 0.25) is 0 Å². The quantitative estimate of drug-likeness (QED) is 0.752. The van der Waals surface area contributed by atoms with Crippen molar-refractivity contribution in [2.24, 2.45) is 5.41 Å². The fraction of sp³-hybridized carbons (Fsp3) is 0.700. The van der Waals surface area contributed by atoms with Gasteiger partial charge >= 0.3 is 0 Å². The van der Waals surface area contributed by atoms with Crippen LogP contribution in [-0.4, -0.2) is 12.6 Å². The Balaban J connectivity index is 1.64. The lowest BCUT2D eigenvalue weighted by molar-refractivity contribution is 0.224. The van der Waals surface area contributed by atoms with Gasteiger partial charge in [0.1, 0.15) is 0 Å². The molecule has 2 aliphatic rings. The first-order chi connectivity index (χ1) is 10.5. The van der Waals surface area contributed by atoms with Gasteiger partial charge in [0.25, 0.3) is 0 Å². The average molecular weight is 320 g/mol. The van der Waals surface area contributed by atoms with E-state index in [0.717, 1.165) is 11.4 Å². The normalized spacial score (nSPS) is 26.0. The lowest BCUT2D eigenvalue weighted by Crippen LogP contribution is -2.35. The summed E-state index contributed by atoms with van der Waals surface area (Å²) in [6, 6.07) is 7.50. The minimum Gasteiger partial charge on any atom is -0.314 e. The third-order valence-corrected chi connectivity index (χ3v) is 6.07. The summed E-state index contributed by atoms with van der Waals surface area (Å²) in [7, 11) is 0. The standard InChI is InChI=1S/C20H30ClN/c1-20(2)10-8-16(9-11-20)18-7-6-15(14-19(18)21)13-17-5-3-4-12-22-17/h6-7,14,16-17,22H,3-5,8-13H2,1-2H3. The highest BCUT2D eigenvalue weighted by atomic mass is 35.5. The molecule has 0 aromatic heterocycles. The Bertz CT molecular complexity index is 492. The topological polar surface area (TPSA) is 12.0 Å². The van der Waals surface area contributed by atoms with E-state index in [1.165, 1.54) is 62.6 Å². The number of rotatable bonds is 3. The Hall–Kier alpha value is -0.530. The van der Waals surface area contributed by atoms with Crippen molar-refractivity contribution in [2.75, 3.05) is 6.54 Å². The molecule has 1 aromatic carbocycles. The van der Waals surface area contributed by atoms with Gasteiger partial charge in [-0.15, -0.1) is 0 Å². The predicted molar refractivity (Wildman–Crippen MR) is 95.8 cm³/mol. The molecule has 122 valence electrons. The van der Waals surface area contributed by atoms with Crippen LogP contribution in [0.3, 0.4) is 0 Å². The van der Waals surface area contributed by atoms with Gasteiger partial charge in [0.15, 0.2) is 0 Å². The van der Waals surface area contributed by atoms with Gasteiger partial charge in [-0.25, -0.2) is 0 Å². The Kier molecular flexibility index (Phi) is 5.14. The van der Waals surface area contributed by atoms with Crippen molar-refractivity contribution < 1.29 is 0 Å². The summed E-state index contributed by atoms with van der Waals surface area (Å²) < 4.78 is 0. The molecule has 1 aromatic rings. The summed E-state index contributed by atoms with van der Waals surface area (Å²) in [6.45, 7) is 5.96. The molecule has 0 spiro atoms. The number of benzene rings is 1. The van der Waals surface area contributed by atoms with Crippen LogP contribution in [0.25, 0.3) is 0 Å². The monoisotopic (exact) mass is 319 g/mol. The van der Waals surface area contributed by atoms with E-state index in [0.29, 0.717) is 17.4 Å². The second kappa shape index (κ2) is 6.93. The van der Waals surface area contributed by atoms with E-state index in [9.17, 15) is 0 Å². The zero-order chi connectivity index (χ0) is 15.6. The van der Waals surface area contributed by atoms with E-state index >= 15 is 0 Å². The summed E-state index contributed by atoms with van der Waals surface area (Å²) >= 11 is 6.63. The van der Waals surface area contributed by atoms with Crippen molar-refractivity contribution >= 4 is 11.6 Å². The summed E-state index contributed by atoms with van der Waals surface area (Å²) in [5.74, 6) is 0.669. The molecule has 1 saturated heterocycles. The van der Waals surface area contributed by atoms with Gasteiger partial charge in [0, 0.05) is 11.1 Å². The minimum atomic E-state index is 0.523. The smallest absolute Gasteiger partial charge is 0.0443 e. The van der Waals surface area contributed by atoms with E-state index in [2.05, 4.69) is 37.4 Å². The van der Waals surface area contributed by atoms with Crippen molar-refractivity contribution in [3.8, 4) is 0 Å². The molecule has 2 fully saturated rings. The maximum atomic E-state index is 6.63. The van der Waals surface area contributed by atoms with Crippen LogP contribution in [0.1, 0.15) is 75.8 Å². The molecule has 1 heterocycles. The molecule has 0 radical (unpaired) electrons. The van der Waals surface area contributed by atoms with Crippen LogP contribution in [0.15, 0.2) is 18.2 Å². The maximum Gasteiger partial charge on any atom is 0.0443 e. The Morgan fingerprint density at radius 2 is 1.91 bits per heavy atom. The molecule has 1 N–H and O–H groups in total. The second-order valence-electron chi connectivity index (χ2n) is 8.15. The van der Waals surface area contributed by atoms with Gasteiger partial charge in [-0.1, -0.05) is 44.0 Å². The zero-order valence-corrected chi connectivity index (χ0v) is 14.9. The highest BCUT2D eigenvalue weighted by molar-refractivity contribution is 6.31. The Morgan fingerprint density at radius 3 is 2.55 bits per heavy atom. The molecular weight excluding hydrogens is 290 g/mol. The third kappa shape index (κ3) is 4.06. The van der Waals surface area contributed by atoms with E-state index < -0.39 is 0 Å². The molecule has 1 aliphatic heterocycles. The fourth-order valence-corrected chi connectivity index (χ4v) is 4.48. The summed E-state index contributed by atoms with van der Waals surface area (Å²) in [5.41, 5.74) is 3.30. The van der Waals surface area contributed by atoms with E-state index in [4.69, 9.17) is 11.6 Å². The minimum absolute atomic E-state index is 0.523. The number of hydrogen-bond acceptors (Lipinski definition) is 1. The van der Waals surface area contributed by atoms with Gasteiger partial charge in [-0.3, -0.25) is 0 Å². The van der Waals surface area contributed by atoms with E-state index in [1.807, 2.05) is 0 Å². The molecule has 1 atom stereocenters. The van der Waals surface area contributed by atoms with Gasteiger partial charge < -0.3 is 5.32 Å². The zero-order valence-electron chi connectivity index (χ0n) is 14.1. The molecule has 1 nitrogen and oxygen atoms in total. The van der Waals surface area contributed by atoms with Crippen LogP contribution >= 0.6 is 11.6 Å². The highest BCUT2D eigenvalue weighted by Crippen LogP contribution is 2.44. The van der Waals surface area contributed by atoms with Crippen LogP contribution in [0.2, 0.25) is 5.02 Å². The van der Waals surface area contributed by atoms with Crippen LogP contribution < -0.4 is 5.32 Å². The van der Waals surface area contributed by atoms with Crippen LogP contribution in [0.4, 0.5) is 0 Å². The Labute approximate surface area is 140 Å². The van der Waals surface area contributed by atoms with Crippen molar-refractivity contribution in [1.29, 1.82) is 0 Å². The molecular formula is C20H30ClN. The maximum absolute atomic E-state index is 6.63. The number of piperidine rings is 1. The highest BCUT2D eigenvalue weighted by Gasteiger charge is 2.28. The van der Waals surface area contributed by atoms with Crippen molar-refractivity contribution in [3.63, 3.8) is 0 Å². The van der Waals surface area contributed by atoms with Gasteiger partial charge in [-0.05, 0) is 80.0 Å². The first-order valence-electron chi connectivity index (χ1n) is 9.05. The summed E-state index contributed by atoms with van der Waals surface area (Å²) in [4.78, 5) is 0. The largest absolute Gasteiger partial charge is 0.314 e. The third-order valence-electron chi connectivity index (χ3n) is 5.74. The van der Waals surface area contributed by atoms with Gasteiger partial charge in [0.05, 0.1) is 0 Å². The van der Waals surface area contributed by atoms with Gasteiger partial charge in [-0.2, -0.15) is 0 Å². The average Bonchev–Trinajstić information content (AvgIpc) is 2.49. The number of nitrogens with one attached hydrogen (secondary N) is 1. The molecule has 22 heavy (non-hydrogen) atoms. The molecule has 1 saturated carbocycles. The molecule has 0 bridgehead atoms.